The Bertz CT molecular complexity index is 900. The van der Waals surface area contributed by atoms with E-state index in [-0.39, 0.29) is 58.9 Å². The van der Waals surface area contributed by atoms with Crippen LogP contribution in [-0.4, -0.2) is 63.3 Å². The second kappa shape index (κ2) is 9.76. The van der Waals surface area contributed by atoms with Crippen LogP contribution in [0.25, 0.3) is 0 Å². The summed E-state index contributed by atoms with van der Waals surface area (Å²) in [4.78, 5) is 48.8. The molecule has 0 radical (unpaired) electrons. The number of rotatable bonds is 6. The number of nitrogens with one attached hydrogen (secondary N) is 1. The summed E-state index contributed by atoms with van der Waals surface area (Å²) >= 11 is 2.40. The Hall–Kier alpha value is -1.86. The van der Waals surface area contributed by atoms with Gasteiger partial charge >= 0.3 is 35.5 Å². The first-order valence-electron chi connectivity index (χ1n) is 7.93. The average Bonchev–Trinajstić information content (AvgIpc) is 3.18. The Kier molecular flexibility index (Phi) is 7.88. The van der Waals surface area contributed by atoms with E-state index in [1.807, 2.05) is 0 Å². The zero-order valence-electron chi connectivity index (χ0n) is 15.4. The van der Waals surface area contributed by atoms with E-state index in [0.29, 0.717) is 4.88 Å². The second-order valence-electron chi connectivity index (χ2n) is 5.81. The van der Waals surface area contributed by atoms with Crippen LogP contribution in [0.5, 0.6) is 0 Å². The topological polar surface area (TPSA) is 148 Å². The SMILES string of the molecule is CC(=O)OCC1=C(C(=O)[O-])N2C(=O)[C@@H](NC(=O)/C(=N\O)c3cccs3)[C@H]2SC1.[Na+]. The van der Waals surface area contributed by atoms with Gasteiger partial charge in [0.25, 0.3) is 11.8 Å². The molecule has 2 atom stereocenters. The average molecular weight is 447 g/mol. The van der Waals surface area contributed by atoms with Gasteiger partial charge in [-0.2, -0.15) is 0 Å². The third-order valence-corrected chi connectivity index (χ3v) is 6.26. The summed E-state index contributed by atoms with van der Waals surface area (Å²) < 4.78 is 4.83. The van der Waals surface area contributed by atoms with Gasteiger partial charge in [-0.05, 0) is 11.4 Å². The molecule has 1 saturated heterocycles. The molecule has 1 fully saturated rings. The van der Waals surface area contributed by atoms with Crippen molar-refractivity contribution in [1.82, 2.24) is 10.2 Å². The number of carbonyl (C=O) groups is 4. The van der Waals surface area contributed by atoms with E-state index in [2.05, 4.69) is 10.5 Å². The van der Waals surface area contributed by atoms with Crippen molar-refractivity contribution in [3.05, 3.63) is 33.7 Å². The number of β-lactam (4-membered cyclic amide) rings is 1. The third kappa shape index (κ3) is 4.67. The number of ether oxygens (including phenoxy) is 1. The van der Waals surface area contributed by atoms with Crippen LogP contribution in [0.1, 0.15) is 11.8 Å². The summed E-state index contributed by atoms with van der Waals surface area (Å²) in [5.74, 6) is -3.37. The minimum atomic E-state index is -1.57. The Labute approximate surface area is 195 Å². The van der Waals surface area contributed by atoms with Crippen LogP contribution in [0.4, 0.5) is 0 Å². The van der Waals surface area contributed by atoms with Gasteiger partial charge in [0.2, 0.25) is 0 Å². The molecule has 29 heavy (non-hydrogen) atoms. The first-order valence-corrected chi connectivity index (χ1v) is 9.86. The van der Waals surface area contributed by atoms with Gasteiger partial charge in [-0.15, -0.1) is 23.1 Å². The van der Waals surface area contributed by atoms with E-state index in [1.54, 1.807) is 17.5 Å². The van der Waals surface area contributed by atoms with Crippen molar-refractivity contribution < 1.29 is 63.8 Å². The maximum absolute atomic E-state index is 12.5. The fourth-order valence-electron chi connectivity index (χ4n) is 2.80. The summed E-state index contributed by atoms with van der Waals surface area (Å²) in [6.07, 6.45) is 0. The van der Waals surface area contributed by atoms with Crippen LogP contribution in [-0.2, 0) is 23.9 Å². The molecule has 2 aliphatic rings. The van der Waals surface area contributed by atoms with E-state index in [4.69, 9.17) is 9.94 Å². The van der Waals surface area contributed by atoms with E-state index in [0.717, 1.165) is 4.90 Å². The van der Waals surface area contributed by atoms with Crippen LogP contribution in [0, 0.1) is 0 Å². The standard InChI is InChI=1S/C16H15N3O7S2.Na/c1-7(20)26-5-8-6-28-15-11(14(22)19(15)12(8)16(23)24)17-13(21)10(18-25)9-3-2-4-27-9;/h2-4,11,15,25H,5-6H2,1H3,(H,17,21)(H,23,24);/q;+1/p-1/b18-10-;/t11-,15-;/m1./s1. The van der Waals surface area contributed by atoms with Crippen molar-refractivity contribution in [3.63, 3.8) is 0 Å². The van der Waals surface area contributed by atoms with Gasteiger partial charge in [0, 0.05) is 18.2 Å². The van der Waals surface area contributed by atoms with Crippen molar-refractivity contribution in [2.45, 2.75) is 18.3 Å². The Balaban J connectivity index is 0.00000300. The largest absolute Gasteiger partial charge is 1.00 e. The maximum Gasteiger partial charge on any atom is 1.00 e. The van der Waals surface area contributed by atoms with E-state index >= 15 is 0 Å². The number of nitrogens with zero attached hydrogens (tertiary/aromatic N) is 2. The normalized spacial score (nSPS) is 20.9. The molecule has 1 aromatic rings. The Morgan fingerprint density at radius 3 is 2.72 bits per heavy atom. The molecule has 3 heterocycles. The molecule has 1 aromatic heterocycles. The number of fused-ring (bicyclic) bond motifs is 1. The van der Waals surface area contributed by atoms with Gasteiger partial charge in [0.05, 0.1) is 16.5 Å². The molecule has 0 spiro atoms. The van der Waals surface area contributed by atoms with Gasteiger partial charge in [-0.1, -0.05) is 11.2 Å². The number of thiophene rings is 1. The summed E-state index contributed by atoms with van der Waals surface area (Å²) in [5, 5.41) is 27.2. The second-order valence-corrected chi connectivity index (χ2v) is 7.86. The summed E-state index contributed by atoms with van der Waals surface area (Å²) in [6, 6.07) is 2.27. The number of esters is 1. The van der Waals surface area contributed by atoms with E-state index < -0.39 is 35.2 Å². The molecular weight excluding hydrogens is 433 g/mol. The molecule has 2 aliphatic heterocycles. The van der Waals surface area contributed by atoms with Crippen molar-refractivity contribution >= 4 is 52.6 Å². The molecule has 2 amide bonds. The van der Waals surface area contributed by atoms with Gasteiger partial charge in [0.1, 0.15) is 18.0 Å². The van der Waals surface area contributed by atoms with Crippen molar-refractivity contribution in [3.8, 4) is 0 Å². The molecule has 0 aliphatic carbocycles. The quantitative estimate of drug-likeness (QED) is 0.112. The number of hydrogen-bond acceptors (Lipinski definition) is 10. The van der Waals surface area contributed by atoms with Crippen LogP contribution in [0.15, 0.2) is 33.9 Å². The van der Waals surface area contributed by atoms with Crippen molar-refractivity contribution in [1.29, 1.82) is 0 Å². The maximum atomic E-state index is 12.5. The smallest absolute Gasteiger partial charge is 0.543 e. The zero-order chi connectivity index (χ0) is 20.4. The zero-order valence-corrected chi connectivity index (χ0v) is 19.0. The fraction of sp³-hybridized carbons (Fsp3) is 0.312. The minimum Gasteiger partial charge on any atom is -0.543 e. The number of hydrogen-bond donors (Lipinski definition) is 2. The predicted molar refractivity (Wildman–Crippen MR) is 96.3 cm³/mol. The van der Waals surface area contributed by atoms with Crippen LogP contribution in [0.3, 0.4) is 0 Å². The number of thioether (sulfide) groups is 1. The molecule has 0 bridgehead atoms. The van der Waals surface area contributed by atoms with E-state index in [9.17, 15) is 24.3 Å². The Morgan fingerprint density at radius 1 is 1.45 bits per heavy atom. The summed E-state index contributed by atoms with van der Waals surface area (Å²) in [5.41, 5.74) is -0.353. The molecular formula is C16H14N3NaO7S2. The molecule has 0 aromatic carbocycles. The minimum absolute atomic E-state index is 0. The van der Waals surface area contributed by atoms with Crippen molar-refractivity contribution in [2.24, 2.45) is 5.16 Å². The summed E-state index contributed by atoms with van der Waals surface area (Å²) in [6.45, 7) is 0.922. The first-order chi connectivity index (χ1) is 13.3. The molecule has 3 rings (SSSR count). The van der Waals surface area contributed by atoms with Gasteiger partial charge in [-0.25, -0.2) is 0 Å². The van der Waals surface area contributed by atoms with Crippen LogP contribution < -0.4 is 40.0 Å². The number of carboxylic acid groups (broad SMARTS) is 1. The number of carboxylic acids is 1. The summed E-state index contributed by atoms with van der Waals surface area (Å²) in [7, 11) is 0. The number of oxime groups is 1. The number of aliphatic carboxylic acids is 1. The van der Waals surface area contributed by atoms with Crippen LogP contribution >= 0.6 is 23.1 Å². The third-order valence-electron chi connectivity index (χ3n) is 4.05. The molecule has 0 saturated carbocycles. The molecule has 0 unspecified atom stereocenters. The number of carbonyl (C=O) groups excluding carboxylic acids is 4. The van der Waals surface area contributed by atoms with Gasteiger partial charge in [0.15, 0.2) is 5.71 Å². The van der Waals surface area contributed by atoms with Crippen LogP contribution in [0.2, 0.25) is 0 Å². The molecule has 148 valence electrons. The van der Waals surface area contributed by atoms with Crippen molar-refractivity contribution in [2.75, 3.05) is 12.4 Å². The molecule has 13 heteroatoms. The van der Waals surface area contributed by atoms with Gasteiger partial charge in [-0.3, -0.25) is 19.3 Å². The van der Waals surface area contributed by atoms with Gasteiger partial charge < -0.3 is 25.2 Å². The first kappa shape index (κ1) is 23.4. The van der Waals surface area contributed by atoms with E-state index in [1.165, 1.54) is 30.0 Å². The fourth-order valence-corrected chi connectivity index (χ4v) is 4.83. The Morgan fingerprint density at radius 2 is 2.17 bits per heavy atom. The molecule has 10 nitrogen and oxygen atoms in total. The predicted octanol–water partition coefficient (Wildman–Crippen LogP) is -4.10. The number of amides is 2. The monoisotopic (exact) mass is 447 g/mol. The molecule has 2 N–H and O–H groups in total.